The minimum absolute atomic E-state index is 0.292. The molecule has 0 radical (unpaired) electrons. The molecule has 29 heavy (non-hydrogen) atoms. The predicted octanol–water partition coefficient (Wildman–Crippen LogP) is 4.21. The number of para-hydroxylation sites is 1. The van der Waals surface area contributed by atoms with Gasteiger partial charge in [-0.05, 0) is 49.6 Å². The molecule has 2 atom stereocenters. The normalized spacial score (nSPS) is 25.1. The summed E-state index contributed by atoms with van der Waals surface area (Å²) in [7, 11) is 0. The van der Waals surface area contributed by atoms with Crippen molar-refractivity contribution in [1.29, 1.82) is 0 Å². The lowest BCUT2D eigenvalue weighted by Crippen LogP contribution is -2.39. The van der Waals surface area contributed by atoms with Crippen molar-refractivity contribution in [3.8, 4) is 5.75 Å². The SMILES string of the molecule is O=C(O)C1=C2C(=CC=CC2(Cc2ccccc2)C2CCNC2)Oc2ccccc21. The Morgan fingerprint density at radius 1 is 1.14 bits per heavy atom. The molecule has 0 bridgehead atoms. The van der Waals surface area contributed by atoms with Gasteiger partial charge in [0.05, 0.1) is 5.57 Å². The molecule has 2 aromatic rings. The summed E-state index contributed by atoms with van der Waals surface area (Å²) in [5.41, 5.74) is 2.59. The Hall–Kier alpha value is -3.11. The van der Waals surface area contributed by atoms with E-state index in [0.717, 1.165) is 31.5 Å². The lowest BCUT2D eigenvalue weighted by atomic mass is 9.61. The lowest BCUT2D eigenvalue weighted by Gasteiger charge is -2.43. The van der Waals surface area contributed by atoms with Crippen molar-refractivity contribution in [3.05, 3.63) is 95.3 Å². The van der Waals surface area contributed by atoms with Crippen molar-refractivity contribution >= 4 is 11.5 Å². The van der Waals surface area contributed by atoms with E-state index in [-0.39, 0.29) is 0 Å². The number of carboxylic acids is 1. The van der Waals surface area contributed by atoms with Gasteiger partial charge in [-0.25, -0.2) is 4.79 Å². The zero-order chi connectivity index (χ0) is 19.8. The van der Waals surface area contributed by atoms with Crippen molar-refractivity contribution in [1.82, 2.24) is 5.32 Å². The standard InChI is InChI=1S/C25H23NO3/c27-24(28)22-19-9-4-5-10-20(19)29-21-11-6-13-25(23(21)22,18-12-14-26-16-18)15-17-7-2-1-3-8-17/h1-11,13,18,26H,12,14-16H2,(H,27,28). The van der Waals surface area contributed by atoms with Crippen molar-refractivity contribution < 1.29 is 14.6 Å². The zero-order valence-corrected chi connectivity index (χ0v) is 16.1. The van der Waals surface area contributed by atoms with Gasteiger partial charge >= 0.3 is 5.97 Å². The topological polar surface area (TPSA) is 58.6 Å². The van der Waals surface area contributed by atoms with Gasteiger partial charge in [-0.3, -0.25) is 0 Å². The van der Waals surface area contributed by atoms with Crippen LogP contribution < -0.4 is 10.1 Å². The fourth-order valence-electron chi connectivity index (χ4n) is 5.04. The first kappa shape index (κ1) is 18.0. The number of hydrogen-bond donors (Lipinski definition) is 2. The number of benzene rings is 2. The van der Waals surface area contributed by atoms with Crippen molar-refractivity contribution in [2.24, 2.45) is 11.3 Å². The summed E-state index contributed by atoms with van der Waals surface area (Å²) in [6.45, 7) is 1.81. The first-order valence-corrected chi connectivity index (χ1v) is 10.1. The van der Waals surface area contributed by atoms with E-state index in [1.165, 1.54) is 5.56 Å². The van der Waals surface area contributed by atoms with Gasteiger partial charge in [0, 0.05) is 16.6 Å². The number of ether oxygens (including phenoxy) is 1. The van der Waals surface area contributed by atoms with Gasteiger partial charge in [0.15, 0.2) is 0 Å². The van der Waals surface area contributed by atoms with Gasteiger partial charge in [0.1, 0.15) is 11.5 Å². The fraction of sp³-hybridized carbons (Fsp3) is 0.240. The summed E-state index contributed by atoms with van der Waals surface area (Å²) < 4.78 is 6.24. The third kappa shape index (κ3) is 2.91. The van der Waals surface area contributed by atoms with E-state index in [2.05, 4.69) is 23.5 Å². The molecule has 0 aromatic heterocycles. The minimum Gasteiger partial charge on any atom is -0.478 e. The molecule has 0 spiro atoms. The van der Waals surface area contributed by atoms with Crippen molar-refractivity contribution in [2.45, 2.75) is 12.8 Å². The maximum Gasteiger partial charge on any atom is 0.336 e. The molecule has 5 rings (SSSR count). The van der Waals surface area contributed by atoms with Crippen LogP contribution in [0.1, 0.15) is 17.5 Å². The minimum atomic E-state index is -0.902. The van der Waals surface area contributed by atoms with Crippen LogP contribution in [0.5, 0.6) is 5.75 Å². The number of fused-ring (bicyclic) bond motifs is 2. The Kier molecular flexibility index (Phi) is 4.36. The molecule has 1 aliphatic carbocycles. The number of carbonyl (C=O) groups is 1. The maximum absolute atomic E-state index is 12.5. The highest BCUT2D eigenvalue weighted by Crippen LogP contribution is 2.54. The van der Waals surface area contributed by atoms with E-state index in [0.29, 0.717) is 28.6 Å². The van der Waals surface area contributed by atoms with Crippen LogP contribution >= 0.6 is 0 Å². The van der Waals surface area contributed by atoms with Gasteiger partial charge in [-0.1, -0.05) is 60.7 Å². The second-order valence-electron chi connectivity index (χ2n) is 7.94. The molecule has 2 aromatic carbocycles. The van der Waals surface area contributed by atoms with Crippen LogP contribution in [0, 0.1) is 11.3 Å². The maximum atomic E-state index is 12.5. The Labute approximate surface area is 170 Å². The smallest absolute Gasteiger partial charge is 0.336 e. The average molecular weight is 385 g/mol. The highest BCUT2D eigenvalue weighted by molar-refractivity contribution is 6.19. The summed E-state index contributed by atoms with van der Waals surface area (Å²) in [6.07, 6.45) is 7.89. The summed E-state index contributed by atoms with van der Waals surface area (Å²) in [4.78, 5) is 12.5. The van der Waals surface area contributed by atoms with E-state index >= 15 is 0 Å². The summed E-state index contributed by atoms with van der Waals surface area (Å²) in [5.74, 6) is 0.654. The molecule has 3 aliphatic rings. The number of rotatable bonds is 4. The summed E-state index contributed by atoms with van der Waals surface area (Å²) in [5, 5.41) is 13.8. The van der Waals surface area contributed by atoms with E-state index in [4.69, 9.17) is 4.74 Å². The molecule has 4 nitrogen and oxygen atoms in total. The Morgan fingerprint density at radius 3 is 2.69 bits per heavy atom. The van der Waals surface area contributed by atoms with Crippen LogP contribution in [0.15, 0.2) is 84.2 Å². The molecule has 1 fully saturated rings. The molecule has 146 valence electrons. The number of hydrogen-bond acceptors (Lipinski definition) is 3. The molecule has 1 saturated heterocycles. The van der Waals surface area contributed by atoms with Crippen molar-refractivity contribution in [2.75, 3.05) is 13.1 Å². The second-order valence-corrected chi connectivity index (χ2v) is 7.94. The molecule has 2 heterocycles. The molecular weight excluding hydrogens is 362 g/mol. The van der Waals surface area contributed by atoms with Crippen LogP contribution in [0.25, 0.3) is 5.57 Å². The third-order valence-corrected chi connectivity index (χ3v) is 6.32. The number of allylic oxidation sites excluding steroid dienone is 4. The summed E-state index contributed by atoms with van der Waals surface area (Å²) in [6, 6.07) is 17.8. The lowest BCUT2D eigenvalue weighted by molar-refractivity contribution is -0.130. The average Bonchev–Trinajstić information content (AvgIpc) is 3.28. The monoisotopic (exact) mass is 385 g/mol. The Bertz CT molecular complexity index is 1040. The molecule has 2 N–H and O–H groups in total. The number of nitrogens with one attached hydrogen (secondary N) is 1. The quantitative estimate of drug-likeness (QED) is 0.828. The Balaban J connectivity index is 1.77. The molecule has 0 amide bonds. The molecule has 2 aliphatic heterocycles. The van der Waals surface area contributed by atoms with E-state index < -0.39 is 11.4 Å². The predicted molar refractivity (Wildman–Crippen MR) is 112 cm³/mol. The van der Waals surface area contributed by atoms with Crippen molar-refractivity contribution in [3.63, 3.8) is 0 Å². The molecule has 0 saturated carbocycles. The van der Waals surface area contributed by atoms with Crippen LogP contribution in [-0.4, -0.2) is 24.2 Å². The van der Waals surface area contributed by atoms with E-state index in [1.807, 2.05) is 54.6 Å². The van der Waals surface area contributed by atoms with Gasteiger partial charge < -0.3 is 15.2 Å². The third-order valence-electron chi connectivity index (χ3n) is 6.32. The highest BCUT2D eigenvalue weighted by Gasteiger charge is 2.48. The highest BCUT2D eigenvalue weighted by atomic mass is 16.5. The number of carboxylic acid groups (broad SMARTS) is 1. The van der Waals surface area contributed by atoms with Crippen LogP contribution in [0.2, 0.25) is 0 Å². The fourth-order valence-corrected chi connectivity index (χ4v) is 5.04. The summed E-state index contributed by atoms with van der Waals surface area (Å²) >= 11 is 0. The van der Waals surface area contributed by atoms with Crippen LogP contribution in [0.3, 0.4) is 0 Å². The zero-order valence-electron chi connectivity index (χ0n) is 16.1. The molecule has 2 unspecified atom stereocenters. The first-order valence-electron chi connectivity index (χ1n) is 10.1. The second kappa shape index (κ2) is 7.05. The van der Waals surface area contributed by atoms with Gasteiger partial charge in [0.25, 0.3) is 0 Å². The van der Waals surface area contributed by atoms with E-state index in [9.17, 15) is 9.90 Å². The van der Waals surface area contributed by atoms with Gasteiger partial charge in [-0.15, -0.1) is 0 Å². The van der Waals surface area contributed by atoms with E-state index in [1.54, 1.807) is 0 Å². The number of aliphatic carboxylic acids is 1. The molecule has 4 heteroatoms. The first-order chi connectivity index (χ1) is 14.2. The van der Waals surface area contributed by atoms with Crippen LogP contribution in [-0.2, 0) is 11.2 Å². The van der Waals surface area contributed by atoms with Gasteiger partial charge in [0.2, 0.25) is 0 Å². The largest absolute Gasteiger partial charge is 0.478 e. The van der Waals surface area contributed by atoms with Crippen LogP contribution in [0.4, 0.5) is 0 Å². The Morgan fingerprint density at radius 2 is 1.93 bits per heavy atom. The van der Waals surface area contributed by atoms with Gasteiger partial charge in [-0.2, -0.15) is 0 Å². The molecular formula is C25H23NO3.